The molecule has 1 atom stereocenters. The van der Waals surface area contributed by atoms with E-state index in [1.807, 2.05) is 0 Å². The van der Waals surface area contributed by atoms with Crippen molar-refractivity contribution in [2.24, 2.45) is 5.92 Å². The van der Waals surface area contributed by atoms with E-state index in [2.05, 4.69) is 48.9 Å². The SMILES string of the molecule is [CH]1C=CC1Cc1ccccc1. The van der Waals surface area contributed by atoms with Gasteiger partial charge in [-0.05, 0) is 24.3 Å². The van der Waals surface area contributed by atoms with Gasteiger partial charge in [-0.25, -0.2) is 0 Å². The van der Waals surface area contributed by atoms with E-state index < -0.39 is 0 Å². The molecule has 0 amide bonds. The lowest BCUT2D eigenvalue weighted by atomic mass is 9.89. The molecule has 1 aliphatic carbocycles. The fourth-order valence-corrected chi connectivity index (χ4v) is 1.29. The van der Waals surface area contributed by atoms with Crippen molar-refractivity contribution in [2.75, 3.05) is 0 Å². The van der Waals surface area contributed by atoms with E-state index in [9.17, 15) is 0 Å². The second-order valence-corrected chi connectivity index (χ2v) is 2.93. The van der Waals surface area contributed by atoms with E-state index in [-0.39, 0.29) is 0 Å². The minimum absolute atomic E-state index is 0.692. The molecule has 0 spiro atoms. The van der Waals surface area contributed by atoms with Crippen LogP contribution in [-0.2, 0) is 6.42 Å². The van der Waals surface area contributed by atoms with Crippen molar-refractivity contribution < 1.29 is 0 Å². The van der Waals surface area contributed by atoms with Crippen LogP contribution in [0.1, 0.15) is 5.56 Å². The highest BCUT2D eigenvalue weighted by atomic mass is 14.1. The number of allylic oxidation sites excluding steroid dienone is 2. The molecule has 0 fully saturated rings. The van der Waals surface area contributed by atoms with E-state index in [0.717, 1.165) is 6.42 Å². The van der Waals surface area contributed by atoms with Gasteiger partial charge >= 0.3 is 0 Å². The number of benzene rings is 1. The molecule has 0 aliphatic heterocycles. The van der Waals surface area contributed by atoms with Crippen LogP contribution in [0.5, 0.6) is 0 Å². The minimum Gasteiger partial charge on any atom is -0.0842 e. The van der Waals surface area contributed by atoms with Crippen LogP contribution in [0.25, 0.3) is 0 Å². The molecule has 0 heterocycles. The summed E-state index contributed by atoms with van der Waals surface area (Å²) >= 11 is 0. The van der Waals surface area contributed by atoms with E-state index in [4.69, 9.17) is 0 Å². The lowest BCUT2D eigenvalue weighted by Gasteiger charge is -2.16. The molecule has 1 aromatic carbocycles. The van der Waals surface area contributed by atoms with E-state index in [1.54, 1.807) is 0 Å². The molecule has 55 valence electrons. The van der Waals surface area contributed by atoms with Crippen molar-refractivity contribution >= 4 is 0 Å². The van der Waals surface area contributed by atoms with Crippen LogP contribution in [0.4, 0.5) is 0 Å². The van der Waals surface area contributed by atoms with Crippen LogP contribution < -0.4 is 0 Å². The summed E-state index contributed by atoms with van der Waals surface area (Å²) in [4.78, 5) is 0. The molecule has 1 radical (unpaired) electrons. The van der Waals surface area contributed by atoms with Crippen LogP contribution in [0.3, 0.4) is 0 Å². The Bertz CT molecular complexity index is 246. The third-order valence-corrected chi connectivity index (χ3v) is 2.03. The lowest BCUT2D eigenvalue weighted by Crippen LogP contribution is -2.07. The average Bonchev–Trinajstić information content (AvgIpc) is 1.99. The first kappa shape index (κ1) is 6.66. The summed E-state index contributed by atoms with van der Waals surface area (Å²) in [7, 11) is 0. The van der Waals surface area contributed by atoms with E-state index in [0.29, 0.717) is 5.92 Å². The highest BCUT2D eigenvalue weighted by Gasteiger charge is 2.09. The fourth-order valence-electron chi connectivity index (χ4n) is 1.29. The summed E-state index contributed by atoms with van der Waals surface area (Å²) in [5.74, 6) is 0.692. The van der Waals surface area contributed by atoms with Crippen LogP contribution >= 0.6 is 0 Å². The van der Waals surface area contributed by atoms with Crippen molar-refractivity contribution in [3.05, 3.63) is 54.5 Å². The van der Waals surface area contributed by atoms with Gasteiger partial charge in [0, 0.05) is 0 Å². The Balaban J connectivity index is 2.01. The highest BCUT2D eigenvalue weighted by molar-refractivity contribution is 5.23. The van der Waals surface area contributed by atoms with Gasteiger partial charge in [-0.2, -0.15) is 0 Å². The summed E-state index contributed by atoms with van der Waals surface area (Å²) in [5, 5.41) is 0. The van der Waals surface area contributed by atoms with Crippen molar-refractivity contribution in [3.8, 4) is 0 Å². The topological polar surface area (TPSA) is 0 Å². The predicted octanol–water partition coefficient (Wildman–Crippen LogP) is 2.62. The first-order valence-corrected chi connectivity index (χ1v) is 4.01. The smallest absolute Gasteiger partial charge is 0.00985 e. The maximum absolute atomic E-state index is 2.24. The van der Waals surface area contributed by atoms with Gasteiger partial charge in [0.2, 0.25) is 0 Å². The molecular formula is C11H11. The normalized spacial score (nSPS) is 21.3. The molecule has 0 nitrogen and oxygen atoms in total. The van der Waals surface area contributed by atoms with Crippen molar-refractivity contribution in [1.82, 2.24) is 0 Å². The molecule has 0 N–H and O–H groups in total. The molecule has 2 rings (SSSR count). The average molecular weight is 143 g/mol. The summed E-state index contributed by atoms with van der Waals surface area (Å²) in [6.07, 6.45) is 7.77. The van der Waals surface area contributed by atoms with Crippen LogP contribution in [-0.4, -0.2) is 0 Å². The molecule has 1 unspecified atom stereocenters. The molecule has 0 aromatic heterocycles. The van der Waals surface area contributed by atoms with Gasteiger partial charge in [0.15, 0.2) is 0 Å². The Morgan fingerprint density at radius 2 is 1.82 bits per heavy atom. The van der Waals surface area contributed by atoms with Gasteiger partial charge in [0.1, 0.15) is 0 Å². The summed E-state index contributed by atoms with van der Waals surface area (Å²) < 4.78 is 0. The van der Waals surface area contributed by atoms with Crippen LogP contribution in [0, 0.1) is 12.3 Å². The number of hydrogen-bond acceptors (Lipinski definition) is 0. The first-order chi connectivity index (χ1) is 5.45. The molecule has 1 aromatic rings. The zero-order chi connectivity index (χ0) is 7.52. The molecular weight excluding hydrogens is 132 g/mol. The van der Waals surface area contributed by atoms with Crippen LogP contribution in [0.2, 0.25) is 0 Å². The van der Waals surface area contributed by atoms with Crippen molar-refractivity contribution in [1.29, 1.82) is 0 Å². The quantitative estimate of drug-likeness (QED) is 0.597. The monoisotopic (exact) mass is 143 g/mol. The Morgan fingerprint density at radius 1 is 1.09 bits per heavy atom. The van der Waals surface area contributed by atoms with Gasteiger partial charge in [-0.15, -0.1) is 0 Å². The van der Waals surface area contributed by atoms with Gasteiger partial charge in [-0.1, -0.05) is 42.5 Å². The third-order valence-electron chi connectivity index (χ3n) is 2.03. The van der Waals surface area contributed by atoms with Gasteiger partial charge in [0.05, 0.1) is 0 Å². The summed E-state index contributed by atoms with van der Waals surface area (Å²) in [6.45, 7) is 0. The maximum Gasteiger partial charge on any atom is -0.00985 e. The Hall–Kier alpha value is -1.04. The molecule has 0 bridgehead atoms. The molecule has 0 heteroatoms. The Labute approximate surface area is 67.6 Å². The molecule has 0 saturated heterocycles. The fraction of sp³-hybridized carbons (Fsp3) is 0.182. The summed E-state index contributed by atoms with van der Waals surface area (Å²) in [5.41, 5.74) is 1.43. The van der Waals surface area contributed by atoms with E-state index >= 15 is 0 Å². The second-order valence-electron chi connectivity index (χ2n) is 2.93. The second kappa shape index (κ2) is 2.91. The standard InChI is InChI=1S/C11H11/c1-2-5-10(6-3-1)9-11-7-4-8-11/h1-8,11H,9H2. The third kappa shape index (κ3) is 1.51. The van der Waals surface area contributed by atoms with Crippen molar-refractivity contribution in [3.63, 3.8) is 0 Å². The zero-order valence-electron chi connectivity index (χ0n) is 6.40. The summed E-state index contributed by atoms with van der Waals surface area (Å²) in [6, 6.07) is 10.6. The first-order valence-electron chi connectivity index (χ1n) is 4.01. The maximum atomic E-state index is 2.24. The lowest BCUT2D eigenvalue weighted by molar-refractivity contribution is 0.725. The van der Waals surface area contributed by atoms with Gasteiger partial charge in [-0.3, -0.25) is 0 Å². The highest BCUT2D eigenvalue weighted by Crippen LogP contribution is 2.20. The van der Waals surface area contributed by atoms with Crippen molar-refractivity contribution in [2.45, 2.75) is 6.42 Å². The Morgan fingerprint density at radius 3 is 2.36 bits per heavy atom. The Kier molecular flexibility index (Phi) is 1.76. The molecule has 1 aliphatic rings. The number of hydrogen-bond donors (Lipinski definition) is 0. The molecule has 0 saturated carbocycles. The largest absolute Gasteiger partial charge is 0.0842 e. The predicted molar refractivity (Wildman–Crippen MR) is 47.1 cm³/mol. The van der Waals surface area contributed by atoms with Gasteiger partial charge in [0.25, 0.3) is 0 Å². The van der Waals surface area contributed by atoms with Gasteiger partial charge < -0.3 is 0 Å². The molecule has 11 heavy (non-hydrogen) atoms. The number of rotatable bonds is 2. The zero-order valence-corrected chi connectivity index (χ0v) is 6.40. The minimum atomic E-state index is 0.692. The van der Waals surface area contributed by atoms with Crippen LogP contribution in [0.15, 0.2) is 42.5 Å². The van der Waals surface area contributed by atoms with E-state index in [1.165, 1.54) is 5.56 Å².